The maximum Gasteiger partial charge on any atom is 0.188 e. The molecule has 0 atom stereocenters. The second-order valence-electron chi connectivity index (χ2n) is 4.58. The molecular formula is C15H10N4OS2. The first kappa shape index (κ1) is 13.4. The summed E-state index contributed by atoms with van der Waals surface area (Å²) in [5, 5.41) is 10.5. The van der Waals surface area contributed by atoms with E-state index in [-0.39, 0.29) is 0 Å². The first-order valence-corrected chi connectivity index (χ1v) is 8.46. The van der Waals surface area contributed by atoms with Crippen LogP contribution in [0.15, 0.2) is 57.8 Å². The Labute approximate surface area is 134 Å². The summed E-state index contributed by atoms with van der Waals surface area (Å²) in [6, 6.07) is 11.9. The van der Waals surface area contributed by atoms with Crippen LogP contribution < -0.4 is 0 Å². The summed E-state index contributed by atoms with van der Waals surface area (Å²) in [5.74, 6) is 0.774. The van der Waals surface area contributed by atoms with Gasteiger partial charge in [-0.2, -0.15) is 0 Å². The average molecular weight is 326 g/mol. The highest BCUT2D eigenvalue weighted by molar-refractivity contribution is 7.98. The zero-order valence-electron chi connectivity index (χ0n) is 11.3. The third-order valence-electron chi connectivity index (χ3n) is 3.09. The van der Waals surface area contributed by atoms with Gasteiger partial charge in [-0.1, -0.05) is 23.9 Å². The lowest BCUT2D eigenvalue weighted by Gasteiger charge is -2.02. The van der Waals surface area contributed by atoms with Crippen molar-refractivity contribution in [3.8, 4) is 10.6 Å². The molecule has 0 spiro atoms. The number of fused-ring (bicyclic) bond motifs is 1. The Morgan fingerprint density at radius 3 is 2.95 bits per heavy atom. The van der Waals surface area contributed by atoms with Crippen molar-refractivity contribution < 1.29 is 4.63 Å². The Balaban J connectivity index is 1.52. The number of thioether (sulfide) groups is 1. The molecule has 0 N–H and O–H groups in total. The highest BCUT2D eigenvalue weighted by atomic mass is 32.2. The number of aromatic nitrogens is 4. The van der Waals surface area contributed by atoms with Crippen LogP contribution in [0.5, 0.6) is 0 Å². The van der Waals surface area contributed by atoms with Gasteiger partial charge in [0, 0.05) is 11.9 Å². The Morgan fingerprint density at radius 1 is 1.09 bits per heavy atom. The predicted molar refractivity (Wildman–Crippen MR) is 86.7 cm³/mol. The van der Waals surface area contributed by atoms with Crippen LogP contribution in [0.3, 0.4) is 0 Å². The van der Waals surface area contributed by atoms with Gasteiger partial charge >= 0.3 is 0 Å². The van der Waals surface area contributed by atoms with Gasteiger partial charge in [-0.05, 0) is 45.5 Å². The molecule has 4 rings (SSSR count). The van der Waals surface area contributed by atoms with Gasteiger partial charge in [0.15, 0.2) is 5.16 Å². The van der Waals surface area contributed by atoms with Crippen molar-refractivity contribution in [3.63, 3.8) is 0 Å². The van der Waals surface area contributed by atoms with Crippen molar-refractivity contribution in [2.45, 2.75) is 10.9 Å². The number of benzene rings is 1. The van der Waals surface area contributed by atoms with Gasteiger partial charge < -0.3 is 0 Å². The number of nitrogens with zero attached hydrogens (tertiary/aromatic N) is 4. The molecule has 5 nitrogen and oxygen atoms in total. The zero-order valence-corrected chi connectivity index (χ0v) is 13.0. The van der Waals surface area contributed by atoms with Crippen molar-refractivity contribution >= 4 is 34.1 Å². The summed E-state index contributed by atoms with van der Waals surface area (Å²) in [4.78, 5) is 10.1. The quantitative estimate of drug-likeness (QED) is 0.417. The Hall–Kier alpha value is -2.25. The number of hydrogen-bond donors (Lipinski definition) is 0. The summed E-state index contributed by atoms with van der Waals surface area (Å²) in [7, 11) is 0. The number of rotatable bonds is 4. The van der Waals surface area contributed by atoms with Crippen LogP contribution in [0.2, 0.25) is 0 Å². The van der Waals surface area contributed by atoms with Gasteiger partial charge in [0.25, 0.3) is 0 Å². The van der Waals surface area contributed by atoms with E-state index in [4.69, 9.17) is 4.63 Å². The average Bonchev–Trinajstić information content (AvgIpc) is 3.24. The van der Waals surface area contributed by atoms with Crippen LogP contribution in [-0.2, 0) is 5.75 Å². The van der Waals surface area contributed by atoms with E-state index < -0.39 is 0 Å². The molecule has 22 heavy (non-hydrogen) atoms. The molecule has 0 aliphatic carbocycles. The molecule has 108 valence electrons. The summed E-state index contributed by atoms with van der Waals surface area (Å²) in [6.07, 6.45) is 1.80. The largest absolute Gasteiger partial charge is 0.243 e. The fourth-order valence-corrected chi connectivity index (χ4v) is 3.51. The molecule has 0 saturated carbocycles. The highest BCUT2D eigenvalue weighted by Gasteiger charge is 2.06. The molecule has 0 amide bonds. The molecule has 0 saturated heterocycles. The molecule has 3 aromatic heterocycles. The van der Waals surface area contributed by atoms with E-state index in [0.717, 1.165) is 38.1 Å². The van der Waals surface area contributed by atoms with Crippen LogP contribution in [0.25, 0.3) is 21.6 Å². The SMILES string of the molecule is c1csc(-c2ccnc(SCc3ccc4nonc4c3)n2)c1. The molecular weight excluding hydrogens is 316 g/mol. The van der Waals surface area contributed by atoms with E-state index in [1.165, 1.54) is 0 Å². The van der Waals surface area contributed by atoms with Crippen LogP contribution >= 0.6 is 23.1 Å². The Kier molecular flexibility index (Phi) is 3.57. The molecule has 0 fully saturated rings. The second-order valence-corrected chi connectivity index (χ2v) is 6.47. The van der Waals surface area contributed by atoms with Crippen molar-refractivity contribution in [2.75, 3.05) is 0 Å². The molecule has 7 heteroatoms. The third-order valence-corrected chi connectivity index (χ3v) is 4.92. The minimum absolute atomic E-state index is 0.768. The van der Waals surface area contributed by atoms with Crippen molar-refractivity contribution in [1.29, 1.82) is 0 Å². The van der Waals surface area contributed by atoms with E-state index in [1.54, 1.807) is 29.3 Å². The molecule has 0 radical (unpaired) electrons. The molecule has 0 unspecified atom stereocenters. The third kappa shape index (κ3) is 2.72. The summed E-state index contributed by atoms with van der Waals surface area (Å²) < 4.78 is 4.71. The maximum atomic E-state index is 4.71. The number of thiophene rings is 1. The molecule has 0 aliphatic rings. The lowest BCUT2D eigenvalue weighted by atomic mass is 10.2. The molecule has 1 aromatic carbocycles. The van der Waals surface area contributed by atoms with Crippen LogP contribution in [0.1, 0.15) is 5.56 Å². The fourth-order valence-electron chi connectivity index (χ4n) is 2.04. The van der Waals surface area contributed by atoms with Crippen molar-refractivity contribution in [3.05, 3.63) is 53.5 Å². The second kappa shape index (κ2) is 5.86. The first-order valence-electron chi connectivity index (χ1n) is 6.59. The lowest BCUT2D eigenvalue weighted by molar-refractivity contribution is 0.315. The van der Waals surface area contributed by atoms with Gasteiger partial charge in [-0.25, -0.2) is 14.6 Å². The first-order chi connectivity index (χ1) is 10.9. The van der Waals surface area contributed by atoms with E-state index >= 15 is 0 Å². The summed E-state index contributed by atoms with van der Waals surface area (Å²) >= 11 is 3.28. The van der Waals surface area contributed by atoms with E-state index in [1.807, 2.05) is 35.7 Å². The van der Waals surface area contributed by atoms with Gasteiger partial charge in [-0.15, -0.1) is 11.3 Å². The van der Waals surface area contributed by atoms with Gasteiger partial charge in [0.05, 0.1) is 10.6 Å². The lowest BCUT2D eigenvalue weighted by Crippen LogP contribution is -1.89. The van der Waals surface area contributed by atoms with Crippen LogP contribution in [-0.4, -0.2) is 20.3 Å². The van der Waals surface area contributed by atoms with Crippen molar-refractivity contribution in [1.82, 2.24) is 20.3 Å². The minimum atomic E-state index is 0.768. The normalized spacial score (nSPS) is 11.1. The fraction of sp³-hybridized carbons (Fsp3) is 0.0667. The van der Waals surface area contributed by atoms with E-state index in [2.05, 4.69) is 26.3 Å². The maximum absolute atomic E-state index is 4.71. The minimum Gasteiger partial charge on any atom is -0.243 e. The predicted octanol–water partition coefficient (Wildman–Crippen LogP) is 4.03. The Bertz CT molecular complexity index is 905. The van der Waals surface area contributed by atoms with Gasteiger partial charge in [0.1, 0.15) is 11.0 Å². The standard InChI is InChI=1S/C15H10N4OS2/c1-2-14(21-7-1)12-5-6-16-15(17-12)22-9-10-3-4-11-13(8-10)19-20-18-11/h1-8H,9H2. The Morgan fingerprint density at radius 2 is 2.05 bits per heavy atom. The highest BCUT2D eigenvalue weighted by Crippen LogP contribution is 2.26. The van der Waals surface area contributed by atoms with Gasteiger partial charge in [0.2, 0.25) is 0 Å². The topological polar surface area (TPSA) is 64.7 Å². The van der Waals surface area contributed by atoms with Gasteiger partial charge in [-0.3, -0.25) is 0 Å². The zero-order chi connectivity index (χ0) is 14.8. The number of hydrogen-bond acceptors (Lipinski definition) is 7. The van der Waals surface area contributed by atoms with Crippen LogP contribution in [0.4, 0.5) is 0 Å². The summed E-state index contributed by atoms with van der Waals surface area (Å²) in [5.41, 5.74) is 3.64. The van der Waals surface area contributed by atoms with Crippen LogP contribution in [0, 0.1) is 0 Å². The molecule has 0 aliphatic heterocycles. The van der Waals surface area contributed by atoms with Crippen molar-refractivity contribution in [2.24, 2.45) is 0 Å². The molecule has 4 aromatic rings. The van der Waals surface area contributed by atoms with E-state index in [0.29, 0.717) is 0 Å². The smallest absolute Gasteiger partial charge is 0.188 e. The molecule has 3 heterocycles. The molecule has 0 bridgehead atoms. The van der Waals surface area contributed by atoms with E-state index in [9.17, 15) is 0 Å². The monoisotopic (exact) mass is 326 g/mol. The summed E-state index contributed by atoms with van der Waals surface area (Å²) in [6.45, 7) is 0.